The number of hydrogen-bond donors (Lipinski definition) is 2. The molecule has 1 saturated heterocycles. The molecule has 1 aromatic rings. The van der Waals surface area contributed by atoms with E-state index in [0.29, 0.717) is 0 Å². The van der Waals surface area contributed by atoms with Crippen molar-refractivity contribution in [3.05, 3.63) is 29.8 Å². The molecule has 0 aliphatic carbocycles. The Hall–Kier alpha value is -1.76. The minimum atomic E-state index is -4.44. The van der Waals surface area contributed by atoms with Gasteiger partial charge in [0.1, 0.15) is 0 Å². The highest BCUT2D eigenvalue weighted by molar-refractivity contribution is 5.84. The van der Waals surface area contributed by atoms with E-state index in [-0.39, 0.29) is 18.2 Å². The molecule has 0 spiro atoms. The number of nitrogens with one attached hydrogen (secondary N) is 2. The van der Waals surface area contributed by atoms with Crippen molar-refractivity contribution in [2.45, 2.75) is 19.0 Å². The molecule has 116 valence electrons. The molecule has 1 aliphatic rings. The van der Waals surface area contributed by atoms with Crippen molar-refractivity contribution in [1.29, 1.82) is 0 Å². The summed E-state index contributed by atoms with van der Waals surface area (Å²) >= 11 is 0. The lowest BCUT2D eigenvalue weighted by Gasteiger charge is -2.22. The highest BCUT2D eigenvalue weighted by Gasteiger charge is 2.30. The first kappa shape index (κ1) is 15.6. The van der Waals surface area contributed by atoms with Crippen LogP contribution in [0.25, 0.3) is 0 Å². The third-order valence-electron chi connectivity index (χ3n) is 3.29. The Balaban J connectivity index is 1.84. The molecule has 2 rings (SSSR count). The number of rotatable bonds is 3. The molecule has 21 heavy (non-hydrogen) atoms. The number of carbonyl (C=O) groups is 1. The summed E-state index contributed by atoms with van der Waals surface area (Å²) in [6.07, 6.45) is -3.16. The predicted octanol–water partition coefficient (Wildman–Crippen LogP) is 3.25. The third kappa shape index (κ3) is 4.93. The second-order valence-corrected chi connectivity index (χ2v) is 5.01. The fraction of sp³-hybridized carbons (Fsp3) is 0.500. The Morgan fingerprint density at radius 2 is 2.24 bits per heavy atom. The lowest BCUT2D eigenvalue weighted by Crippen LogP contribution is -2.33. The van der Waals surface area contributed by atoms with Crippen LogP contribution in [0.1, 0.15) is 18.4 Å². The van der Waals surface area contributed by atoms with Crippen molar-refractivity contribution in [2.24, 2.45) is 5.92 Å². The lowest BCUT2D eigenvalue weighted by atomic mass is 10.0. The van der Waals surface area contributed by atoms with Crippen molar-refractivity contribution < 1.29 is 22.7 Å². The highest BCUT2D eigenvalue weighted by Crippen LogP contribution is 2.30. The monoisotopic (exact) mass is 302 g/mol. The molecule has 1 aromatic carbocycles. The maximum atomic E-state index is 12.5. The van der Waals surface area contributed by atoms with Crippen LogP contribution in [0.3, 0.4) is 0 Å². The maximum Gasteiger partial charge on any atom is 0.416 e. The molecule has 1 heterocycles. The van der Waals surface area contributed by atoms with Crippen LogP contribution in [0.2, 0.25) is 0 Å². The summed E-state index contributed by atoms with van der Waals surface area (Å²) in [4.78, 5) is 11.6. The summed E-state index contributed by atoms with van der Waals surface area (Å²) in [5, 5.41) is 5.51. The second-order valence-electron chi connectivity index (χ2n) is 5.01. The summed E-state index contributed by atoms with van der Waals surface area (Å²) < 4.78 is 42.7. The highest BCUT2D eigenvalue weighted by atomic mass is 19.4. The van der Waals surface area contributed by atoms with Gasteiger partial charge in [-0.05, 0) is 37.6 Å². The van der Waals surface area contributed by atoms with Gasteiger partial charge in [0.2, 0.25) is 0 Å². The Bertz CT molecular complexity index is 485. The molecule has 1 atom stereocenters. The van der Waals surface area contributed by atoms with Gasteiger partial charge in [-0.3, -0.25) is 5.32 Å². The molecular formula is C14H17F3N2O2. The predicted molar refractivity (Wildman–Crippen MR) is 72.0 cm³/mol. The molecule has 1 amide bonds. The maximum absolute atomic E-state index is 12.5. The van der Waals surface area contributed by atoms with Crippen LogP contribution >= 0.6 is 0 Å². The van der Waals surface area contributed by atoms with E-state index in [9.17, 15) is 18.0 Å². The van der Waals surface area contributed by atoms with Gasteiger partial charge >= 0.3 is 12.3 Å². The van der Waals surface area contributed by atoms with Gasteiger partial charge in [0.25, 0.3) is 0 Å². The van der Waals surface area contributed by atoms with E-state index in [2.05, 4.69) is 10.6 Å². The zero-order valence-corrected chi connectivity index (χ0v) is 11.4. The van der Waals surface area contributed by atoms with E-state index in [1.54, 1.807) is 0 Å². The number of piperidine rings is 1. The number of amides is 1. The average Bonchev–Trinajstić information content (AvgIpc) is 2.46. The number of hydrogen-bond acceptors (Lipinski definition) is 3. The SMILES string of the molecule is O=C(Nc1cccc(C(F)(F)F)c1)OCC1CCCNC1. The molecular weight excluding hydrogens is 285 g/mol. The van der Waals surface area contributed by atoms with Gasteiger partial charge in [-0.15, -0.1) is 0 Å². The minimum Gasteiger partial charge on any atom is -0.449 e. The van der Waals surface area contributed by atoms with E-state index in [0.717, 1.165) is 38.1 Å². The van der Waals surface area contributed by atoms with E-state index in [1.165, 1.54) is 12.1 Å². The van der Waals surface area contributed by atoms with Crippen molar-refractivity contribution in [3.63, 3.8) is 0 Å². The molecule has 1 unspecified atom stereocenters. The van der Waals surface area contributed by atoms with Crippen molar-refractivity contribution in [2.75, 3.05) is 25.0 Å². The first-order valence-electron chi connectivity index (χ1n) is 6.77. The molecule has 2 N–H and O–H groups in total. The number of benzene rings is 1. The van der Waals surface area contributed by atoms with Crippen molar-refractivity contribution >= 4 is 11.8 Å². The first-order chi connectivity index (χ1) is 9.95. The van der Waals surface area contributed by atoms with Crippen LogP contribution in [0, 0.1) is 5.92 Å². The molecule has 0 bridgehead atoms. The average molecular weight is 302 g/mol. The van der Waals surface area contributed by atoms with Crippen molar-refractivity contribution in [1.82, 2.24) is 5.32 Å². The molecule has 0 saturated carbocycles. The Morgan fingerprint density at radius 1 is 1.43 bits per heavy atom. The smallest absolute Gasteiger partial charge is 0.416 e. The molecule has 1 aliphatic heterocycles. The summed E-state index contributed by atoms with van der Waals surface area (Å²) in [7, 11) is 0. The zero-order valence-electron chi connectivity index (χ0n) is 11.4. The van der Waals surface area contributed by atoms with E-state index in [1.807, 2.05) is 0 Å². The van der Waals surface area contributed by atoms with Crippen LogP contribution in [0.15, 0.2) is 24.3 Å². The van der Waals surface area contributed by atoms with Gasteiger partial charge in [-0.25, -0.2) is 4.79 Å². The molecule has 0 radical (unpaired) electrons. The Morgan fingerprint density at radius 3 is 2.90 bits per heavy atom. The second kappa shape index (κ2) is 6.80. The minimum absolute atomic E-state index is 0.0663. The van der Waals surface area contributed by atoms with Gasteiger partial charge in [-0.1, -0.05) is 6.07 Å². The van der Waals surface area contributed by atoms with Gasteiger partial charge in [0.05, 0.1) is 12.2 Å². The first-order valence-corrected chi connectivity index (χ1v) is 6.77. The van der Waals surface area contributed by atoms with Gasteiger partial charge in [0, 0.05) is 18.2 Å². The number of ether oxygens (including phenoxy) is 1. The number of anilines is 1. The van der Waals surface area contributed by atoms with E-state index < -0.39 is 17.8 Å². The van der Waals surface area contributed by atoms with Crippen LogP contribution < -0.4 is 10.6 Å². The fourth-order valence-electron chi connectivity index (χ4n) is 2.19. The summed E-state index contributed by atoms with van der Waals surface area (Å²) in [5.74, 6) is 0.256. The Kier molecular flexibility index (Phi) is 5.06. The molecule has 4 nitrogen and oxygen atoms in total. The van der Waals surface area contributed by atoms with Gasteiger partial charge in [-0.2, -0.15) is 13.2 Å². The summed E-state index contributed by atoms with van der Waals surface area (Å²) in [5.41, 5.74) is -0.742. The van der Waals surface area contributed by atoms with Gasteiger partial charge in [0.15, 0.2) is 0 Å². The van der Waals surface area contributed by atoms with Crippen molar-refractivity contribution in [3.8, 4) is 0 Å². The van der Waals surface area contributed by atoms with Gasteiger partial charge < -0.3 is 10.1 Å². The topological polar surface area (TPSA) is 50.4 Å². The lowest BCUT2D eigenvalue weighted by molar-refractivity contribution is -0.137. The Labute approximate surface area is 120 Å². The fourth-order valence-corrected chi connectivity index (χ4v) is 2.19. The zero-order chi connectivity index (χ0) is 15.3. The normalized spacial score (nSPS) is 19.1. The van der Waals surface area contributed by atoms with E-state index in [4.69, 9.17) is 4.74 Å². The quantitative estimate of drug-likeness (QED) is 0.901. The third-order valence-corrected chi connectivity index (χ3v) is 3.29. The van der Waals surface area contributed by atoms with Crippen LogP contribution in [-0.4, -0.2) is 25.8 Å². The largest absolute Gasteiger partial charge is 0.449 e. The van der Waals surface area contributed by atoms with Crippen LogP contribution in [-0.2, 0) is 10.9 Å². The number of carbonyl (C=O) groups excluding carboxylic acids is 1. The van der Waals surface area contributed by atoms with E-state index >= 15 is 0 Å². The standard InChI is InChI=1S/C14H17F3N2O2/c15-14(16,17)11-4-1-5-12(7-11)19-13(20)21-9-10-3-2-6-18-8-10/h1,4-5,7,10,18H,2-3,6,8-9H2,(H,19,20). The van der Waals surface area contributed by atoms with Crippen LogP contribution in [0.5, 0.6) is 0 Å². The summed E-state index contributed by atoms with van der Waals surface area (Å²) in [6, 6.07) is 4.45. The van der Waals surface area contributed by atoms with Crippen LogP contribution in [0.4, 0.5) is 23.7 Å². The molecule has 0 aromatic heterocycles. The molecule has 7 heteroatoms. The summed E-state index contributed by atoms with van der Waals surface area (Å²) in [6.45, 7) is 2.02. The number of alkyl halides is 3. The molecule has 1 fully saturated rings. The number of halogens is 3.